The molecular formula is C22H33FN4O2. The minimum absolute atomic E-state index is 0.0833. The van der Waals surface area contributed by atoms with E-state index < -0.39 is 12.3 Å². The molecule has 160 valence electrons. The van der Waals surface area contributed by atoms with Crippen LogP contribution in [0.5, 0.6) is 0 Å². The average Bonchev–Trinajstić information content (AvgIpc) is 3.34. The van der Waals surface area contributed by atoms with Crippen molar-refractivity contribution in [3.63, 3.8) is 0 Å². The molecule has 0 amide bonds. The van der Waals surface area contributed by atoms with E-state index in [0.717, 1.165) is 32.1 Å². The molecular weight excluding hydrogens is 371 g/mol. The molecule has 1 aromatic rings. The summed E-state index contributed by atoms with van der Waals surface area (Å²) < 4.78 is 13.3. The molecule has 6 nitrogen and oxygen atoms in total. The zero-order chi connectivity index (χ0) is 20.2. The SMILES string of the molecule is C[C@]12CC[C@H]3C(CC[C@@H]4C[C@@](O)(CF)CC[C@@H]43)[C@@H]1CC[C@@H]2C(=O)Cn1ncnn1. The van der Waals surface area contributed by atoms with Crippen molar-refractivity contribution in [2.75, 3.05) is 6.67 Å². The molecule has 7 heteroatoms. The van der Waals surface area contributed by atoms with Gasteiger partial charge < -0.3 is 5.11 Å². The predicted octanol–water partition coefficient (Wildman–Crippen LogP) is 3.21. The van der Waals surface area contributed by atoms with Gasteiger partial charge in [-0.2, -0.15) is 4.80 Å². The lowest BCUT2D eigenvalue weighted by atomic mass is 9.49. The van der Waals surface area contributed by atoms with Gasteiger partial charge in [0.05, 0.1) is 5.60 Å². The molecule has 29 heavy (non-hydrogen) atoms. The van der Waals surface area contributed by atoms with Gasteiger partial charge in [-0.1, -0.05) is 6.92 Å². The minimum atomic E-state index is -1.07. The molecule has 0 aromatic carbocycles. The molecule has 4 saturated carbocycles. The lowest BCUT2D eigenvalue weighted by molar-refractivity contribution is -0.134. The summed E-state index contributed by atoms with van der Waals surface area (Å²) in [5.74, 6) is 3.47. The van der Waals surface area contributed by atoms with E-state index in [9.17, 15) is 14.3 Å². The van der Waals surface area contributed by atoms with Gasteiger partial charge in [0.2, 0.25) is 0 Å². The number of nitrogens with zero attached hydrogens (tertiary/aromatic N) is 4. The van der Waals surface area contributed by atoms with Crippen molar-refractivity contribution in [2.45, 2.75) is 76.9 Å². The Bertz CT molecular complexity index is 758. The summed E-state index contributed by atoms with van der Waals surface area (Å²) in [6, 6.07) is 0. The molecule has 0 radical (unpaired) electrons. The van der Waals surface area contributed by atoms with Crippen LogP contribution in [0.1, 0.15) is 64.7 Å². The van der Waals surface area contributed by atoms with E-state index in [-0.39, 0.29) is 23.7 Å². The minimum Gasteiger partial charge on any atom is -0.387 e. The zero-order valence-corrected chi connectivity index (χ0v) is 17.3. The monoisotopic (exact) mass is 404 g/mol. The number of alkyl halides is 1. The van der Waals surface area contributed by atoms with Gasteiger partial charge in [0, 0.05) is 5.92 Å². The smallest absolute Gasteiger partial charge is 0.162 e. The summed E-state index contributed by atoms with van der Waals surface area (Å²) in [5.41, 5.74) is -0.989. The number of carbonyl (C=O) groups excluding carboxylic acids is 1. The number of tetrazole rings is 1. The van der Waals surface area contributed by atoms with Crippen molar-refractivity contribution in [3.05, 3.63) is 6.33 Å². The highest BCUT2D eigenvalue weighted by atomic mass is 19.1. The second-order valence-corrected chi connectivity index (χ2v) is 10.6. The summed E-state index contributed by atoms with van der Waals surface area (Å²) in [6.45, 7) is 1.98. The maximum Gasteiger partial charge on any atom is 0.162 e. The van der Waals surface area contributed by atoms with Crippen molar-refractivity contribution in [1.29, 1.82) is 0 Å². The van der Waals surface area contributed by atoms with Crippen LogP contribution in [0.2, 0.25) is 0 Å². The molecule has 1 heterocycles. The Hall–Kier alpha value is -1.37. The fourth-order valence-electron chi connectivity index (χ4n) is 8.12. The van der Waals surface area contributed by atoms with Gasteiger partial charge >= 0.3 is 0 Å². The predicted molar refractivity (Wildman–Crippen MR) is 104 cm³/mol. The topological polar surface area (TPSA) is 80.9 Å². The van der Waals surface area contributed by atoms with Crippen LogP contribution >= 0.6 is 0 Å². The van der Waals surface area contributed by atoms with Gasteiger partial charge in [0.15, 0.2) is 12.1 Å². The summed E-state index contributed by atoms with van der Waals surface area (Å²) in [4.78, 5) is 14.5. The number of aliphatic hydroxyl groups is 1. The molecule has 0 saturated heterocycles. The molecule has 5 rings (SSSR count). The van der Waals surface area contributed by atoms with E-state index in [0.29, 0.717) is 42.4 Å². The first-order valence-electron chi connectivity index (χ1n) is 11.5. The van der Waals surface area contributed by atoms with Crippen LogP contribution in [0.4, 0.5) is 4.39 Å². The Labute approximate surface area is 171 Å². The van der Waals surface area contributed by atoms with Gasteiger partial charge in [-0.05, 0) is 98.0 Å². The zero-order valence-electron chi connectivity index (χ0n) is 17.3. The van der Waals surface area contributed by atoms with Gasteiger partial charge in [0.1, 0.15) is 13.2 Å². The maximum atomic E-state index is 13.3. The molecule has 1 N–H and O–H groups in total. The number of aromatic nitrogens is 4. The number of hydrogen-bond acceptors (Lipinski definition) is 5. The summed E-state index contributed by atoms with van der Waals surface area (Å²) in [7, 11) is 0. The third kappa shape index (κ3) is 3.15. The lowest BCUT2D eigenvalue weighted by Crippen LogP contribution is -2.52. The third-order valence-corrected chi connectivity index (χ3v) is 9.43. The number of halogens is 1. The highest BCUT2D eigenvalue weighted by Gasteiger charge is 2.59. The van der Waals surface area contributed by atoms with E-state index >= 15 is 0 Å². The Morgan fingerprint density at radius 2 is 1.97 bits per heavy atom. The molecule has 4 aliphatic carbocycles. The van der Waals surface area contributed by atoms with Crippen molar-refractivity contribution < 1.29 is 14.3 Å². The first-order valence-corrected chi connectivity index (χ1v) is 11.5. The molecule has 0 spiro atoms. The van der Waals surface area contributed by atoms with E-state index in [1.807, 2.05) is 0 Å². The van der Waals surface area contributed by atoms with E-state index in [1.165, 1.54) is 24.0 Å². The summed E-state index contributed by atoms with van der Waals surface area (Å²) in [6.07, 6.45) is 10.3. The third-order valence-electron chi connectivity index (χ3n) is 9.43. The molecule has 4 fully saturated rings. The van der Waals surface area contributed by atoms with Crippen LogP contribution in [0.25, 0.3) is 0 Å². The first kappa shape index (κ1) is 19.6. The fourth-order valence-corrected chi connectivity index (χ4v) is 8.12. The first-order chi connectivity index (χ1) is 13.9. The number of hydrogen-bond donors (Lipinski definition) is 1. The lowest BCUT2D eigenvalue weighted by Gasteiger charge is -2.56. The molecule has 4 aliphatic rings. The van der Waals surface area contributed by atoms with Crippen LogP contribution in [-0.4, -0.2) is 43.4 Å². The largest absolute Gasteiger partial charge is 0.387 e. The van der Waals surface area contributed by atoms with Crippen molar-refractivity contribution in [2.24, 2.45) is 40.9 Å². The molecule has 1 aromatic heterocycles. The summed E-state index contributed by atoms with van der Waals surface area (Å²) >= 11 is 0. The van der Waals surface area contributed by atoms with E-state index in [2.05, 4.69) is 22.3 Å². The second kappa shape index (κ2) is 7.10. The van der Waals surface area contributed by atoms with Crippen LogP contribution < -0.4 is 0 Å². The molecule has 8 atom stereocenters. The van der Waals surface area contributed by atoms with Gasteiger partial charge in [-0.15, -0.1) is 10.2 Å². The normalized spacial score (nSPS) is 46.6. The average molecular weight is 405 g/mol. The fraction of sp³-hybridized carbons (Fsp3) is 0.909. The number of fused-ring (bicyclic) bond motifs is 5. The highest BCUT2D eigenvalue weighted by molar-refractivity contribution is 5.81. The number of ketones is 1. The standard InChI is InChI=1S/C22H33FN4O2/c1-21-8-6-16-15-7-9-22(29,12-23)10-14(15)2-3-17(16)18(21)4-5-19(21)20(28)11-27-25-13-24-26-27/h13-19,29H,2-12H2,1H3/t14-,15+,16-,17?,18+,19-,21+,22-/m1/s1. The Balaban J connectivity index is 1.31. The number of rotatable bonds is 4. The van der Waals surface area contributed by atoms with Crippen LogP contribution in [-0.2, 0) is 11.3 Å². The van der Waals surface area contributed by atoms with Crippen LogP contribution in [0, 0.1) is 40.9 Å². The Morgan fingerprint density at radius 3 is 2.72 bits per heavy atom. The van der Waals surface area contributed by atoms with Crippen LogP contribution in [0.15, 0.2) is 6.33 Å². The van der Waals surface area contributed by atoms with Gasteiger partial charge in [0.25, 0.3) is 0 Å². The van der Waals surface area contributed by atoms with E-state index in [4.69, 9.17) is 0 Å². The Kier molecular flexibility index (Phi) is 4.80. The van der Waals surface area contributed by atoms with Gasteiger partial charge in [-0.25, -0.2) is 4.39 Å². The quantitative estimate of drug-likeness (QED) is 0.833. The van der Waals surface area contributed by atoms with Crippen molar-refractivity contribution in [1.82, 2.24) is 20.2 Å². The maximum absolute atomic E-state index is 13.3. The van der Waals surface area contributed by atoms with Crippen molar-refractivity contribution in [3.8, 4) is 0 Å². The Morgan fingerprint density at radius 1 is 1.14 bits per heavy atom. The number of Topliss-reactive ketones (excluding diaryl/α,β-unsaturated/α-hetero) is 1. The molecule has 0 bridgehead atoms. The summed E-state index contributed by atoms with van der Waals surface area (Å²) in [5, 5.41) is 22.1. The van der Waals surface area contributed by atoms with E-state index in [1.54, 1.807) is 0 Å². The highest BCUT2D eigenvalue weighted by Crippen LogP contribution is 2.64. The van der Waals surface area contributed by atoms with Crippen molar-refractivity contribution >= 4 is 5.78 Å². The molecule has 0 aliphatic heterocycles. The number of carbonyl (C=O) groups is 1. The molecule has 1 unspecified atom stereocenters. The van der Waals surface area contributed by atoms with Gasteiger partial charge in [-0.3, -0.25) is 4.79 Å². The van der Waals surface area contributed by atoms with Crippen LogP contribution in [0.3, 0.4) is 0 Å². The second-order valence-electron chi connectivity index (χ2n) is 10.6.